The van der Waals surface area contributed by atoms with Crippen molar-refractivity contribution in [2.75, 3.05) is 19.9 Å². The lowest BCUT2D eigenvalue weighted by molar-refractivity contribution is -0.140. The molecule has 0 spiro atoms. The number of thioether (sulfide) groups is 1. The van der Waals surface area contributed by atoms with E-state index in [2.05, 4.69) is 15.4 Å². The molecule has 98 valence electrons. The number of imide groups is 1. The minimum atomic E-state index is -0.511. The molecule has 1 unspecified atom stereocenters. The van der Waals surface area contributed by atoms with E-state index in [0.717, 1.165) is 0 Å². The summed E-state index contributed by atoms with van der Waals surface area (Å²) in [5, 5.41) is 4.54. The van der Waals surface area contributed by atoms with Crippen LogP contribution in [0.5, 0.6) is 0 Å². The zero-order valence-electron chi connectivity index (χ0n) is 10.2. The zero-order valence-corrected chi connectivity index (χ0v) is 11.1. The highest BCUT2D eigenvalue weighted by atomic mass is 32.2. The van der Waals surface area contributed by atoms with Crippen LogP contribution in [0.25, 0.3) is 0 Å². The second-order valence-corrected chi connectivity index (χ2v) is 4.89. The summed E-state index contributed by atoms with van der Waals surface area (Å²) in [6.45, 7) is 1.89. The molecule has 0 rings (SSSR count). The molecule has 1 atom stereocenters. The third-order valence-electron chi connectivity index (χ3n) is 1.89. The normalized spacial score (nSPS) is 11.5. The van der Waals surface area contributed by atoms with Gasteiger partial charge in [-0.25, -0.2) is 4.79 Å². The predicted molar refractivity (Wildman–Crippen MR) is 65.8 cm³/mol. The largest absolute Gasteiger partial charge is 0.469 e. The van der Waals surface area contributed by atoms with Crippen molar-refractivity contribution in [3.8, 4) is 0 Å². The van der Waals surface area contributed by atoms with E-state index >= 15 is 0 Å². The van der Waals surface area contributed by atoms with E-state index in [4.69, 9.17) is 0 Å². The molecule has 0 aliphatic carbocycles. The molecule has 0 heterocycles. The minimum Gasteiger partial charge on any atom is -0.469 e. The van der Waals surface area contributed by atoms with Gasteiger partial charge >= 0.3 is 12.0 Å². The molecule has 17 heavy (non-hydrogen) atoms. The molecule has 6 nitrogen and oxygen atoms in total. The number of hydrogen-bond acceptors (Lipinski definition) is 5. The van der Waals surface area contributed by atoms with E-state index < -0.39 is 6.03 Å². The van der Waals surface area contributed by atoms with Gasteiger partial charge in [-0.3, -0.25) is 14.9 Å². The molecule has 0 aliphatic heterocycles. The van der Waals surface area contributed by atoms with Crippen LogP contribution in [0, 0.1) is 0 Å². The van der Waals surface area contributed by atoms with Gasteiger partial charge in [0.15, 0.2) is 0 Å². The Balaban J connectivity index is 3.65. The molecule has 0 saturated heterocycles. The SMILES string of the molecule is CNC(=O)NC(=O)CCSC(C)CC(=O)OC. The molecule has 7 heteroatoms. The Bertz CT molecular complexity index is 283. The molecule has 0 aromatic carbocycles. The van der Waals surface area contributed by atoms with E-state index in [1.54, 1.807) is 0 Å². The average molecular weight is 262 g/mol. The summed E-state index contributed by atoms with van der Waals surface area (Å²) in [5.74, 6) is -0.0389. The molecule has 0 bridgehead atoms. The minimum absolute atomic E-state index is 0.0928. The molecule has 0 radical (unpaired) electrons. The summed E-state index contributed by atoms with van der Waals surface area (Å²) in [5.41, 5.74) is 0. The third kappa shape index (κ3) is 8.56. The van der Waals surface area contributed by atoms with Gasteiger partial charge in [0.25, 0.3) is 0 Å². The Morgan fingerprint density at radius 3 is 2.53 bits per heavy atom. The van der Waals surface area contributed by atoms with Crippen molar-refractivity contribution in [3.05, 3.63) is 0 Å². The number of methoxy groups -OCH3 is 1. The lowest BCUT2D eigenvalue weighted by Gasteiger charge is -2.09. The number of nitrogens with one attached hydrogen (secondary N) is 2. The summed E-state index contributed by atoms with van der Waals surface area (Å²) >= 11 is 1.49. The molecule has 3 amide bonds. The van der Waals surface area contributed by atoms with Crippen LogP contribution in [0.4, 0.5) is 4.79 Å². The number of ether oxygens (including phenoxy) is 1. The number of amides is 3. The van der Waals surface area contributed by atoms with Crippen LogP contribution in [-0.2, 0) is 14.3 Å². The van der Waals surface area contributed by atoms with Crippen LogP contribution < -0.4 is 10.6 Å². The van der Waals surface area contributed by atoms with Crippen molar-refractivity contribution in [3.63, 3.8) is 0 Å². The van der Waals surface area contributed by atoms with E-state index in [1.165, 1.54) is 25.9 Å². The maximum Gasteiger partial charge on any atom is 0.321 e. The van der Waals surface area contributed by atoms with Crippen molar-refractivity contribution in [1.82, 2.24) is 10.6 Å². The Kier molecular flexibility index (Phi) is 8.21. The van der Waals surface area contributed by atoms with Crippen LogP contribution in [0.3, 0.4) is 0 Å². The first-order chi connectivity index (χ1) is 7.99. The fourth-order valence-electron chi connectivity index (χ4n) is 0.981. The summed E-state index contributed by atoms with van der Waals surface area (Å²) in [6, 6.07) is -0.511. The number of urea groups is 1. The van der Waals surface area contributed by atoms with Crippen molar-refractivity contribution in [2.45, 2.75) is 25.0 Å². The fraction of sp³-hybridized carbons (Fsp3) is 0.700. The van der Waals surface area contributed by atoms with Crippen molar-refractivity contribution in [1.29, 1.82) is 0 Å². The molecule has 0 aromatic rings. The van der Waals surface area contributed by atoms with Crippen molar-refractivity contribution < 1.29 is 19.1 Å². The van der Waals surface area contributed by atoms with Gasteiger partial charge in [0, 0.05) is 24.5 Å². The van der Waals surface area contributed by atoms with Gasteiger partial charge in [0.1, 0.15) is 0 Å². The van der Waals surface area contributed by atoms with Gasteiger partial charge in [-0.1, -0.05) is 6.92 Å². The van der Waals surface area contributed by atoms with Crippen LogP contribution in [0.2, 0.25) is 0 Å². The number of carbonyl (C=O) groups is 3. The molecule has 0 saturated carbocycles. The maximum absolute atomic E-state index is 11.2. The Hall–Kier alpha value is -1.24. The summed E-state index contributed by atoms with van der Waals surface area (Å²) in [4.78, 5) is 32.9. The topological polar surface area (TPSA) is 84.5 Å². The van der Waals surface area contributed by atoms with Gasteiger partial charge in [-0.15, -0.1) is 0 Å². The van der Waals surface area contributed by atoms with Crippen LogP contribution in [0.1, 0.15) is 19.8 Å². The van der Waals surface area contributed by atoms with E-state index in [9.17, 15) is 14.4 Å². The lowest BCUT2D eigenvalue weighted by Crippen LogP contribution is -2.37. The number of hydrogen-bond donors (Lipinski definition) is 2. The summed E-state index contributed by atoms with van der Waals surface area (Å²) < 4.78 is 4.53. The van der Waals surface area contributed by atoms with Crippen molar-refractivity contribution in [2.24, 2.45) is 0 Å². The van der Waals surface area contributed by atoms with Crippen LogP contribution in [-0.4, -0.2) is 43.1 Å². The predicted octanol–water partition coefficient (Wildman–Crippen LogP) is 0.517. The number of rotatable bonds is 6. The fourth-order valence-corrected chi connectivity index (χ4v) is 1.94. The number of esters is 1. The quantitative estimate of drug-likeness (QED) is 0.682. The number of carbonyl (C=O) groups excluding carboxylic acids is 3. The zero-order chi connectivity index (χ0) is 13.3. The van der Waals surface area contributed by atoms with E-state index in [-0.39, 0.29) is 23.5 Å². The molecular weight excluding hydrogens is 244 g/mol. The molecule has 2 N–H and O–H groups in total. The van der Waals surface area contributed by atoms with Crippen molar-refractivity contribution >= 4 is 29.7 Å². The smallest absolute Gasteiger partial charge is 0.321 e. The Morgan fingerprint density at radius 1 is 1.35 bits per heavy atom. The highest BCUT2D eigenvalue weighted by Gasteiger charge is 2.11. The summed E-state index contributed by atoms with van der Waals surface area (Å²) in [7, 11) is 2.78. The first-order valence-corrected chi connectivity index (χ1v) is 6.24. The van der Waals surface area contributed by atoms with Gasteiger partial charge in [-0.2, -0.15) is 11.8 Å². The van der Waals surface area contributed by atoms with E-state index in [0.29, 0.717) is 12.2 Å². The molecule has 0 aromatic heterocycles. The second kappa shape index (κ2) is 8.86. The van der Waals surface area contributed by atoms with E-state index in [1.807, 2.05) is 6.92 Å². The second-order valence-electron chi connectivity index (χ2n) is 3.34. The highest BCUT2D eigenvalue weighted by Crippen LogP contribution is 2.15. The molecule has 0 aliphatic rings. The standard InChI is InChI=1S/C10H18N2O4S/c1-7(6-9(14)16-3)17-5-4-8(13)12-10(15)11-2/h7H,4-6H2,1-3H3,(H2,11,12,13,15). The monoisotopic (exact) mass is 262 g/mol. The average Bonchev–Trinajstić information content (AvgIpc) is 2.28. The first-order valence-electron chi connectivity index (χ1n) is 5.19. The van der Waals surface area contributed by atoms with Crippen LogP contribution in [0.15, 0.2) is 0 Å². The van der Waals surface area contributed by atoms with Crippen LogP contribution >= 0.6 is 11.8 Å². The third-order valence-corrected chi connectivity index (χ3v) is 3.07. The first kappa shape index (κ1) is 15.8. The lowest BCUT2D eigenvalue weighted by atomic mass is 10.3. The highest BCUT2D eigenvalue weighted by molar-refractivity contribution is 7.99. The Labute approximate surface area is 105 Å². The molecule has 0 fully saturated rings. The molecular formula is C10H18N2O4S. The van der Waals surface area contributed by atoms with Gasteiger partial charge in [0.2, 0.25) is 5.91 Å². The van der Waals surface area contributed by atoms with Gasteiger partial charge in [0.05, 0.1) is 13.5 Å². The van der Waals surface area contributed by atoms with Gasteiger partial charge < -0.3 is 10.1 Å². The maximum atomic E-state index is 11.2. The Morgan fingerprint density at radius 2 is 2.00 bits per heavy atom. The summed E-state index contributed by atoms with van der Waals surface area (Å²) in [6.07, 6.45) is 0.557. The van der Waals surface area contributed by atoms with Gasteiger partial charge in [-0.05, 0) is 0 Å².